The molecule has 1 aromatic carbocycles. The fourth-order valence-electron chi connectivity index (χ4n) is 2.56. The summed E-state index contributed by atoms with van der Waals surface area (Å²) in [5.41, 5.74) is 0.550. The van der Waals surface area contributed by atoms with E-state index in [1.807, 2.05) is 7.05 Å². The van der Waals surface area contributed by atoms with Gasteiger partial charge in [-0.1, -0.05) is 0 Å². The van der Waals surface area contributed by atoms with Gasteiger partial charge in [0.05, 0.1) is 0 Å². The molecule has 1 aliphatic rings. The van der Waals surface area contributed by atoms with Crippen molar-refractivity contribution in [3.05, 3.63) is 29.3 Å². The maximum absolute atomic E-state index is 13.3. The Morgan fingerprint density at radius 2 is 1.79 bits per heavy atom. The average Bonchev–Trinajstić information content (AvgIpc) is 2.36. The molecule has 19 heavy (non-hydrogen) atoms. The molecule has 0 aromatic heterocycles. The molecule has 1 aromatic rings. The zero-order valence-corrected chi connectivity index (χ0v) is 11.4. The van der Waals surface area contributed by atoms with Gasteiger partial charge in [0, 0.05) is 12.6 Å². The van der Waals surface area contributed by atoms with E-state index in [1.54, 1.807) is 0 Å². The summed E-state index contributed by atoms with van der Waals surface area (Å²) < 4.78 is 26.5. The second-order valence-corrected chi connectivity index (χ2v) is 5.36. The van der Waals surface area contributed by atoms with Crippen molar-refractivity contribution >= 4 is 0 Å². The van der Waals surface area contributed by atoms with Gasteiger partial charge in [0.1, 0.15) is 0 Å². The number of piperidine rings is 1. The third kappa shape index (κ3) is 3.42. The number of rotatable bonds is 3. The molecule has 1 heterocycles. The highest BCUT2D eigenvalue weighted by Crippen LogP contribution is 2.23. The van der Waals surface area contributed by atoms with Gasteiger partial charge in [-0.15, -0.1) is 0 Å². The molecule has 1 N–H and O–H groups in total. The molecule has 2 rings (SSSR count). The van der Waals surface area contributed by atoms with Gasteiger partial charge in [-0.05, 0) is 57.7 Å². The van der Waals surface area contributed by atoms with Crippen molar-refractivity contribution in [1.29, 1.82) is 0 Å². The van der Waals surface area contributed by atoms with Crippen molar-refractivity contribution in [3.63, 3.8) is 0 Å². The number of phenols is 1. The SMILES string of the molecule is CN1CCC(N(C)Cc2cc(F)c(O)c(F)c2)CC1. The van der Waals surface area contributed by atoms with E-state index in [0.717, 1.165) is 25.9 Å². The largest absolute Gasteiger partial charge is 0.503 e. The fourth-order valence-corrected chi connectivity index (χ4v) is 2.56. The van der Waals surface area contributed by atoms with Crippen molar-refractivity contribution in [2.24, 2.45) is 0 Å². The van der Waals surface area contributed by atoms with Gasteiger partial charge >= 0.3 is 0 Å². The van der Waals surface area contributed by atoms with E-state index in [-0.39, 0.29) is 0 Å². The van der Waals surface area contributed by atoms with Gasteiger partial charge in [-0.3, -0.25) is 4.90 Å². The first kappa shape index (κ1) is 14.2. The lowest BCUT2D eigenvalue weighted by Crippen LogP contribution is -2.41. The average molecular weight is 270 g/mol. The molecule has 0 atom stereocenters. The molecule has 0 amide bonds. The van der Waals surface area contributed by atoms with Crippen LogP contribution in [0.15, 0.2) is 12.1 Å². The molecular weight excluding hydrogens is 250 g/mol. The molecule has 0 bridgehead atoms. The van der Waals surface area contributed by atoms with E-state index in [4.69, 9.17) is 5.11 Å². The highest BCUT2D eigenvalue weighted by Gasteiger charge is 2.21. The Bertz CT molecular complexity index is 422. The van der Waals surface area contributed by atoms with Crippen LogP contribution in [0.3, 0.4) is 0 Å². The second-order valence-electron chi connectivity index (χ2n) is 5.36. The Morgan fingerprint density at radius 3 is 2.32 bits per heavy atom. The lowest BCUT2D eigenvalue weighted by atomic mass is 10.0. The quantitative estimate of drug-likeness (QED) is 0.912. The predicted molar refractivity (Wildman–Crippen MR) is 70.0 cm³/mol. The summed E-state index contributed by atoms with van der Waals surface area (Å²) in [6.45, 7) is 2.59. The fraction of sp³-hybridized carbons (Fsp3) is 0.571. The summed E-state index contributed by atoms with van der Waals surface area (Å²) >= 11 is 0. The number of hydrogen-bond donors (Lipinski definition) is 1. The lowest BCUT2D eigenvalue weighted by Gasteiger charge is -2.35. The number of benzene rings is 1. The minimum absolute atomic E-state index is 0.441. The Labute approximate surface area is 112 Å². The molecule has 0 saturated carbocycles. The van der Waals surface area contributed by atoms with Crippen LogP contribution < -0.4 is 0 Å². The third-order valence-electron chi connectivity index (χ3n) is 3.82. The number of likely N-dealkylation sites (tertiary alicyclic amines) is 1. The first-order valence-corrected chi connectivity index (χ1v) is 6.53. The Kier molecular flexibility index (Phi) is 4.37. The van der Waals surface area contributed by atoms with Crippen LogP contribution in [0.25, 0.3) is 0 Å². The highest BCUT2D eigenvalue weighted by molar-refractivity contribution is 5.30. The monoisotopic (exact) mass is 270 g/mol. The maximum Gasteiger partial charge on any atom is 0.187 e. The van der Waals surface area contributed by atoms with E-state index in [2.05, 4.69) is 16.8 Å². The molecular formula is C14H20F2N2O. The number of phenolic OH excluding ortho intramolecular Hbond substituents is 1. The van der Waals surface area contributed by atoms with Gasteiger partial charge < -0.3 is 10.0 Å². The van der Waals surface area contributed by atoms with E-state index in [0.29, 0.717) is 18.2 Å². The molecule has 1 aliphatic heterocycles. The highest BCUT2D eigenvalue weighted by atomic mass is 19.1. The number of nitrogens with zero attached hydrogens (tertiary/aromatic N) is 2. The van der Waals surface area contributed by atoms with Crippen LogP contribution in [0, 0.1) is 11.6 Å². The maximum atomic E-state index is 13.3. The van der Waals surface area contributed by atoms with Crippen LogP contribution >= 0.6 is 0 Å². The molecule has 106 valence electrons. The predicted octanol–water partition coefficient (Wildman–Crippen LogP) is 2.20. The number of halogens is 2. The Hall–Kier alpha value is -1.20. The van der Waals surface area contributed by atoms with Crippen molar-refractivity contribution in [2.45, 2.75) is 25.4 Å². The molecule has 0 spiro atoms. The summed E-state index contributed by atoms with van der Waals surface area (Å²) in [6.07, 6.45) is 2.13. The van der Waals surface area contributed by atoms with Crippen molar-refractivity contribution in [1.82, 2.24) is 9.80 Å². The van der Waals surface area contributed by atoms with Gasteiger partial charge in [-0.2, -0.15) is 0 Å². The first-order valence-electron chi connectivity index (χ1n) is 6.53. The van der Waals surface area contributed by atoms with Crippen LogP contribution in [-0.4, -0.2) is 48.1 Å². The number of hydrogen-bond acceptors (Lipinski definition) is 3. The topological polar surface area (TPSA) is 26.7 Å². The summed E-state index contributed by atoms with van der Waals surface area (Å²) in [6, 6.07) is 2.84. The lowest BCUT2D eigenvalue weighted by molar-refractivity contribution is 0.139. The summed E-state index contributed by atoms with van der Waals surface area (Å²) in [4.78, 5) is 4.41. The normalized spacial score (nSPS) is 18.2. The van der Waals surface area contributed by atoms with E-state index in [1.165, 1.54) is 12.1 Å². The van der Waals surface area contributed by atoms with Crippen molar-refractivity contribution < 1.29 is 13.9 Å². The molecule has 3 nitrogen and oxygen atoms in total. The summed E-state index contributed by atoms with van der Waals surface area (Å²) in [7, 11) is 4.07. The molecule has 0 radical (unpaired) electrons. The Balaban J connectivity index is 2.00. The van der Waals surface area contributed by atoms with Crippen LogP contribution in [0.1, 0.15) is 18.4 Å². The molecule has 1 saturated heterocycles. The van der Waals surface area contributed by atoms with Crippen LogP contribution in [0.2, 0.25) is 0 Å². The minimum atomic E-state index is -0.898. The minimum Gasteiger partial charge on any atom is -0.503 e. The van der Waals surface area contributed by atoms with Crippen LogP contribution in [0.4, 0.5) is 8.78 Å². The zero-order chi connectivity index (χ0) is 14.0. The van der Waals surface area contributed by atoms with Crippen LogP contribution in [-0.2, 0) is 6.54 Å². The standard InChI is InChI=1S/C14H20F2N2O/c1-17-5-3-11(4-6-17)18(2)9-10-7-12(15)14(19)13(16)8-10/h7-8,11,19H,3-6,9H2,1-2H3. The van der Waals surface area contributed by atoms with E-state index in [9.17, 15) is 8.78 Å². The Morgan fingerprint density at radius 1 is 1.26 bits per heavy atom. The first-order chi connectivity index (χ1) is 8.97. The second kappa shape index (κ2) is 5.84. The van der Waals surface area contributed by atoms with Gasteiger partial charge in [0.25, 0.3) is 0 Å². The third-order valence-corrected chi connectivity index (χ3v) is 3.82. The summed E-state index contributed by atoms with van der Waals surface area (Å²) in [5.74, 6) is -2.69. The smallest absolute Gasteiger partial charge is 0.187 e. The molecule has 0 aliphatic carbocycles. The van der Waals surface area contributed by atoms with Gasteiger partial charge in [0.2, 0.25) is 0 Å². The van der Waals surface area contributed by atoms with Crippen molar-refractivity contribution in [2.75, 3.05) is 27.2 Å². The summed E-state index contributed by atoms with van der Waals surface area (Å²) in [5, 5.41) is 9.07. The zero-order valence-electron chi connectivity index (χ0n) is 11.4. The van der Waals surface area contributed by atoms with Crippen molar-refractivity contribution in [3.8, 4) is 5.75 Å². The van der Waals surface area contributed by atoms with E-state index >= 15 is 0 Å². The van der Waals surface area contributed by atoms with Crippen LogP contribution in [0.5, 0.6) is 5.75 Å². The molecule has 0 unspecified atom stereocenters. The van der Waals surface area contributed by atoms with Gasteiger partial charge in [0.15, 0.2) is 17.4 Å². The molecule has 5 heteroatoms. The van der Waals surface area contributed by atoms with E-state index < -0.39 is 17.4 Å². The molecule has 1 fully saturated rings. The van der Waals surface area contributed by atoms with Gasteiger partial charge in [-0.25, -0.2) is 8.78 Å². The number of aromatic hydroxyl groups is 1.